The molecule has 6 nitrogen and oxygen atoms in total. The third kappa shape index (κ3) is 9.06. The van der Waals surface area contributed by atoms with Crippen LogP contribution < -0.4 is 10.3 Å². The van der Waals surface area contributed by atoms with Crippen molar-refractivity contribution in [2.45, 2.75) is 101 Å². The van der Waals surface area contributed by atoms with E-state index in [1.807, 2.05) is 0 Å². The van der Waals surface area contributed by atoms with Crippen LogP contribution >= 0.6 is 0 Å². The van der Waals surface area contributed by atoms with Gasteiger partial charge in [-0.25, -0.2) is 13.8 Å². The summed E-state index contributed by atoms with van der Waals surface area (Å²) in [5.41, 5.74) is -4.38. The van der Waals surface area contributed by atoms with E-state index in [9.17, 15) is 44.7 Å². The zero-order valence-electron chi connectivity index (χ0n) is 28.0. The molecule has 0 spiro atoms. The van der Waals surface area contributed by atoms with Crippen LogP contribution in [0.4, 0.5) is 46.5 Å². The molecule has 0 radical (unpaired) electrons. The maximum Gasteiger partial charge on any atom is 0.417 e. The molecule has 0 saturated heterocycles. The number of allylic oxidation sites excluding steroid dienone is 6. The molecule has 2 atom stereocenters. The number of unbranched alkanes of at least 4 members (excludes halogenated alkanes) is 4. The minimum Gasteiger partial charge on any atom is -0.481 e. The van der Waals surface area contributed by atoms with Crippen LogP contribution in [0, 0.1) is 11.6 Å². The fourth-order valence-electron chi connectivity index (χ4n) is 7.08. The van der Waals surface area contributed by atoms with E-state index in [1.54, 1.807) is 13.8 Å². The minimum atomic E-state index is -4.85. The molecule has 2 aromatic carbocycles. The smallest absolute Gasteiger partial charge is 0.417 e. The Kier molecular flexibility index (Phi) is 11.9. The standard InChI is InChI=1S/C37H38F8N2O4/c1-34(16-10-4-8-14-30(48)49)28(46-26-20-22(38)18-24(32(26)34)36(40,41)42)12-6-3-7-13-29-35(2,17-11-5-9-15-31(50)51)33-25(37(43,44)45)19-23(39)21-27(33)47-29/h3,6-7,12-13,18-21,46H,4-5,8-11,14-17H2,1-2H3,(H,48,49)(H,50,51)/p+1/b6-3+,13-7+,28-12+. The van der Waals surface area contributed by atoms with Gasteiger partial charge in [-0.1, -0.05) is 43.9 Å². The average Bonchev–Trinajstić information content (AvgIpc) is 3.44. The minimum absolute atomic E-state index is 0.0409. The maximum absolute atomic E-state index is 14.3. The number of anilines is 1. The number of carbonyl (C=O) groups is 2. The first-order chi connectivity index (χ1) is 23.8. The van der Waals surface area contributed by atoms with E-state index in [2.05, 4.69) is 10.3 Å². The molecule has 4 N–H and O–H groups in total. The quantitative estimate of drug-likeness (QED) is 0.0835. The van der Waals surface area contributed by atoms with Crippen molar-refractivity contribution < 1.29 is 59.9 Å². The lowest BCUT2D eigenvalue weighted by Gasteiger charge is -2.29. The van der Waals surface area contributed by atoms with Crippen molar-refractivity contribution >= 4 is 29.0 Å². The van der Waals surface area contributed by atoms with Crippen LogP contribution in [-0.2, 0) is 32.8 Å². The van der Waals surface area contributed by atoms with Crippen LogP contribution in [0.5, 0.6) is 0 Å². The summed E-state index contributed by atoms with van der Waals surface area (Å²) in [6.07, 6.45) is 0.450. The van der Waals surface area contributed by atoms with E-state index in [1.165, 1.54) is 30.4 Å². The second-order valence-electron chi connectivity index (χ2n) is 13.3. The zero-order chi connectivity index (χ0) is 37.8. The van der Waals surface area contributed by atoms with Crippen molar-refractivity contribution in [1.82, 2.24) is 0 Å². The van der Waals surface area contributed by atoms with E-state index in [0.717, 1.165) is 12.1 Å². The summed E-state index contributed by atoms with van der Waals surface area (Å²) in [5.74, 6) is -4.11. The molecule has 51 heavy (non-hydrogen) atoms. The summed E-state index contributed by atoms with van der Waals surface area (Å²) in [6.45, 7) is 3.20. The van der Waals surface area contributed by atoms with Crippen LogP contribution in [0.2, 0.25) is 0 Å². The monoisotopic (exact) mass is 727 g/mol. The number of aliphatic carboxylic acids is 2. The Morgan fingerprint density at radius 2 is 1.25 bits per heavy atom. The molecule has 0 saturated carbocycles. The predicted molar refractivity (Wildman–Crippen MR) is 175 cm³/mol. The molecular formula is C37H39F8N2O4+. The summed E-state index contributed by atoms with van der Waals surface area (Å²) in [4.78, 5) is 24.7. The Labute approximate surface area is 289 Å². The lowest BCUT2D eigenvalue weighted by molar-refractivity contribution is -0.350. The van der Waals surface area contributed by atoms with Crippen LogP contribution in [0.25, 0.3) is 0 Å². The first-order valence-corrected chi connectivity index (χ1v) is 16.5. The van der Waals surface area contributed by atoms with Gasteiger partial charge in [0.2, 0.25) is 5.69 Å². The van der Waals surface area contributed by atoms with Crippen molar-refractivity contribution in [3.05, 3.63) is 94.2 Å². The lowest BCUT2D eigenvalue weighted by Crippen LogP contribution is -2.65. The summed E-state index contributed by atoms with van der Waals surface area (Å²) in [7, 11) is 0. The van der Waals surface area contributed by atoms with Crippen LogP contribution in [0.3, 0.4) is 0 Å². The van der Waals surface area contributed by atoms with E-state index < -0.39 is 57.9 Å². The molecular weight excluding hydrogens is 688 g/mol. The van der Waals surface area contributed by atoms with E-state index in [0.29, 0.717) is 62.1 Å². The molecule has 2 heterocycles. The fourth-order valence-corrected chi connectivity index (χ4v) is 7.08. The number of carboxylic acid groups (broad SMARTS) is 2. The zero-order valence-corrected chi connectivity index (χ0v) is 28.0. The van der Waals surface area contributed by atoms with E-state index >= 15 is 0 Å². The molecule has 0 fully saturated rings. The van der Waals surface area contributed by atoms with Crippen LogP contribution in [0.15, 0.2) is 60.3 Å². The van der Waals surface area contributed by atoms with E-state index in [-0.39, 0.29) is 48.2 Å². The topological polar surface area (TPSA) is 101 Å². The van der Waals surface area contributed by atoms with Crippen LogP contribution in [-0.4, -0.2) is 27.9 Å². The van der Waals surface area contributed by atoms with Gasteiger partial charge in [0.25, 0.3) is 0 Å². The molecule has 0 aromatic heterocycles. The number of hydrogen-bond donors (Lipinski definition) is 4. The molecule has 0 amide bonds. The summed E-state index contributed by atoms with van der Waals surface area (Å²) < 4.78 is 113. The molecule has 0 aliphatic carbocycles. The van der Waals surface area contributed by atoms with Gasteiger partial charge in [0.1, 0.15) is 11.6 Å². The first kappa shape index (κ1) is 39.3. The molecule has 2 unspecified atom stereocenters. The van der Waals surface area contributed by atoms with Gasteiger partial charge in [-0.15, -0.1) is 0 Å². The Bertz CT molecular complexity index is 1780. The number of carboxylic acids is 2. The molecule has 0 bridgehead atoms. The van der Waals surface area contributed by atoms with Crippen LogP contribution in [0.1, 0.15) is 100 Å². The third-order valence-corrected chi connectivity index (χ3v) is 9.53. The number of nitrogens with one attached hydrogen (secondary N) is 2. The SMILES string of the molecule is CC1(CCCCCC(=O)O)C(/C=C/C=C/C=C2/Nc3cc(F)cc(C(F)(F)F)c3C2(C)CCCCCC(=O)O)=[NH+]c2cc(F)cc(C(F)(F)F)c21. The Balaban J connectivity index is 1.64. The van der Waals surface area contributed by atoms with Gasteiger partial charge in [0.15, 0.2) is 5.71 Å². The number of halogens is 8. The van der Waals surface area contributed by atoms with E-state index in [4.69, 9.17) is 10.2 Å². The van der Waals surface area contributed by atoms with Crippen molar-refractivity contribution in [3.8, 4) is 0 Å². The largest absolute Gasteiger partial charge is 0.481 e. The average molecular weight is 728 g/mol. The molecule has 4 rings (SSSR count). The highest BCUT2D eigenvalue weighted by Gasteiger charge is 2.51. The maximum atomic E-state index is 14.3. The van der Waals surface area contributed by atoms with Gasteiger partial charge in [0.05, 0.1) is 22.1 Å². The highest BCUT2D eigenvalue weighted by molar-refractivity contribution is 6.03. The summed E-state index contributed by atoms with van der Waals surface area (Å²) in [5, 5.41) is 20.8. The lowest BCUT2D eigenvalue weighted by atomic mass is 9.73. The van der Waals surface area contributed by atoms with Crippen molar-refractivity contribution in [2.24, 2.45) is 0 Å². The predicted octanol–water partition coefficient (Wildman–Crippen LogP) is 8.88. The number of rotatable bonds is 15. The van der Waals surface area contributed by atoms with Gasteiger partial charge in [-0.2, -0.15) is 26.3 Å². The second-order valence-corrected chi connectivity index (χ2v) is 13.3. The van der Waals surface area contributed by atoms with Gasteiger partial charge >= 0.3 is 24.3 Å². The molecule has 2 aromatic rings. The Morgan fingerprint density at radius 1 is 0.725 bits per heavy atom. The highest BCUT2D eigenvalue weighted by atomic mass is 19.4. The fraction of sp³-hybridized carbons (Fsp3) is 0.432. The van der Waals surface area contributed by atoms with Crippen molar-refractivity contribution in [1.29, 1.82) is 0 Å². The Hall–Kier alpha value is -4.49. The van der Waals surface area contributed by atoms with Gasteiger partial charge in [-0.3, -0.25) is 9.59 Å². The normalized spacial score (nSPS) is 21.0. The molecule has 14 heteroatoms. The van der Waals surface area contributed by atoms with Gasteiger partial charge < -0.3 is 15.5 Å². The number of benzene rings is 2. The van der Waals surface area contributed by atoms with Gasteiger partial charge in [0, 0.05) is 41.8 Å². The highest BCUT2D eigenvalue weighted by Crippen LogP contribution is 2.52. The molecule has 276 valence electrons. The number of hydrogen-bond acceptors (Lipinski definition) is 3. The summed E-state index contributed by atoms with van der Waals surface area (Å²) in [6, 6.07) is 2.87. The number of alkyl halides is 6. The third-order valence-electron chi connectivity index (χ3n) is 9.53. The first-order valence-electron chi connectivity index (χ1n) is 16.5. The molecule has 2 aliphatic rings. The number of fused-ring (bicyclic) bond motifs is 2. The van der Waals surface area contributed by atoms with Gasteiger partial charge in [-0.05, 0) is 69.4 Å². The second kappa shape index (κ2) is 15.4. The molecule has 2 aliphatic heterocycles. The van der Waals surface area contributed by atoms with Crippen molar-refractivity contribution in [2.75, 3.05) is 5.32 Å². The van der Waals surface area contributed by atoms with Crippen molar-refractivity contribution in [3.63, 3.8) is 0 Å². The summed E-state index contributed by atoms with van der Waals surface area (Å²) >= 11 is 0. The Morgan fingerprint density at radius 3 is 1.80 bits per heavy atom.